The van der Waals surface area contributed by atoms with E-state index in [1.807, 2.05) is 64.3 Å². The number of hydrogen-bond donors (Lipinski definition) is 1. The quantitative estimate of drug-likeness (QED) is 0.185. The van der Waals surface area contributed by atoms with Gasteiger partial charge in [-0.25, -0.2) is 9.97 Å². The fraction of sp³-hybridized carbons (Fsp3) is 0.557. The summed E-state index contributed by atoms with van der Waals surface area (Å²) in [6.45, 7) is 85.5. The Kier molecular flexibility index (Phi) is 33.4. The number of rotatable bonds is 4. The Labute approximate surface area is 588 Å². The van der Waals surface area contributed by atoms with Crippen molar-refractivity contribution in [2.45, 2.75) is 260 Å². The van der Waals surface area contributed by atoms with Crippen LogP contribution < -0.4 is 0 Å². The fourth-order valence-electron chi connectivity index (χ4n) is 8.32. The van der Waals surface area contributed by atoms with Gasteiger partial charge >= 0.3 is 0 Å². The van der Waals surface area contributed by atoms with Crippen LogP contribution in [0.15, 0.2) is 134 Å². The maximum absolute atomic E-state index is 5.08. The molecule has 0 saturated carbocycles. The normalized spacial score (nSPS) is 14.0. The zero-order valence-corrected chi connectivity index (χ0v) is 67.8. The van der Waals surface area contributed by atoms with Gasteiger partial charge in [-0.2, -0.15) is 13.8 Å². The predicted molar refractivity (Wildman–Crippen MR) is 419 cm³/mol. The van der Waals surface area contributed by atoms with Gasteiger partial charge in [-0.1, -0.05) is 237 Å². The maximum Gasteiger partial charge on any atom is 0.142 e. The van der Waals surface area contributed by atoms with E-state index in [1.54, 1.807) is 51.8 Å². The van der Waals surface area contributed by atoms with Crippen LogP contribution in [-0.2, 0) is 32.5 Å². The van der Waals surface area contributed by atoms with E-state index in [2.05, 4.69) is 304 Å². The summed E-state index contributed by atoms with van der Waals surface area (Å²) in [6, 6.07) is 6.15. The number of allylic oxidation sites excluding steroid dienone is 7. The van der Waals surface area contributed by atoms with Crippen LogP contribution in [-0.4, -0.2) is 64.3 Å². The fourth-order valence-corrected chi connectivity index (χ4v) is 11.7. The number of nitrogens with one attached hydrogen (secondary N) is 1. The second-order valence-corrected chi connectivity index (χ2v) is 36.6. The number of hydrogen-bond acceptors (Lipinski definition) is 14. The summed E-state index contributed by atoms with van der Waals surface area (Å²) in [4.78, 5) is 24.4. The standard InChI is InChI=1S/3C10H15N.C9H14N2.C8H13NO.4C8H13NS/c2*1-5-9-8(6-7-11-9)10(2,3)4;1-5-8-6-7-9(11-8)10(2,3)4;1-5-7-6-8(11-10-7)9(2,3)4;1-6-5-7(10-9-6)8(2,3)4;1-6-9-7(5-10-6)8(2,3)4;1-6-9-5-7(10-6)8(2,3)4;1-6-7(5-10-9-6)8(2,3)4;1-6-5-7(10-9-6)8(2,3)4/h2*5-6H,1,7H2,2-4H3;5,7H,1,6H2,2-4H3;5-6H,1H2,2-4H3,(H,10,11);5*5H,1-4H3. The monoisotopic (exact) mass is 1360 g/mol. The second-order valence-electron chi connectivity index (χ2n) is 32.8. The lowest BCUT2D eigenvalue weighted by molar-refractivity contribution is 0.327. The third-order valence-corrected chi connectivity index (χ3v) is 18.2. The average Bonchev–Trinajstić information content (AvgIpc) is 1.69. The first-order valence-corrected chi connectivity index (χ1v) is 36.0. The summed E-state index contributed by atoms with van der Waals surface area (Å²) in [5.74, 6) is 0.949. The Morgan fingerprint density at radius 3 is 1.26 bits per heavy atom. The molecule has 94 heavy (non-hydrogen) atoms. The summed E-state index contributed by atoms with van der Waals surface area (Å²) >= 11 is 6.65. The molecule has 15 heteroatoms. The van der Waals surface area contributed by atoms with E-state index < -0.39 is 0 Å². The molecule has 6 aromatic heterocycles. The van der Waals surface area contributed by atoms with Crippen molar-refractivity contribution in [3.05, 3.63) is 180 Å². The molecular weight excluding hydrogens is 1230 g/mol. The maximum atomic E-state index is 5.08. The van der Waals surface area contributed by atoms with Gasteiger partial charge in [-0.3, -0.25) is 20.1 Å². The second kappa shape index (κ2) is 36.5. The molecule has 0 bridgehead atoms. The van der Waals surface area contributed by atoms with Gasteiger partial charge in [0, 0.05) is 78.0 Å². The molecule has 0 spiro atoms. The largest absolute Gasteiger partial charge is 0.361 e. The van der Waals surface area contributed by atoms with Gasteiger partial charge in [0.2, 0.25) is 0 Å². The van der Waals surface area contributed by atoms with Crippen molar-refractivity contribution in [3.8, 4) is 0 Å². The highest BCUT2D eigenvalue weighted by atomic mass is 32.1. The summed E-state index contributed by atoms with van der Waals surface area (Å²) in [5, 5.41) is 17.4. The zero-order valence-electron chi connectivity index (χ0n) is 64.5. The highest BCUT2D eigenvalue weighted by Gasteiger charge is 2.25. The number of H-pyrrole nitrogens is 1. The van der Waals surface area contributed by atoms with Gasteiger partial charge in [-0.05, 0) is 138 Å². The van der Waals surface area contributed by atoms with Gasteiger partial charge < -0.3 is 4.52 Å². The van der Waals surface area contributed by atoms with Gasteiger partial charge in [0.1, 0.15) is 5.76 Å². The highest BCUT2D eigenvalue weighted by Crippen LogP contribution is 2.33. The minimum Gasteiger partial charge on any atom is -0.361 e. The Morgan fingerprint density at radius 2 is 1.04 bits per heavy atom. The smallest absolute Gasteiger partial charge is 0.142 e. The van der Waals surface area contributed by atoms with Crippen LogP contribution in [0.5, 0.6) is 0 Å². The van der Waals surface area contributed by atoms with E-state index in [9.17, 15) is 0 Å². The van der Waals surface area contributed by atoms with E-state index in [1.165, 1.54) is 43.5 Å². The molecule has 0 amide bonds. The van der Waals surface area contributed by atoms with Gasteiger partial charge in [0.25, 0.3) is 0 Å². The average molecular weight is 1360 g/mol. The Balaban J connectivity index is 0.000000529. The first-order chi connectivity index (χ1) is 42.7. The lowest BCUT2D eigenvalue weighted by Crippen LogP contribution is -2.14. The van der Waals surface area contributed by atoms with Gasteiger partial charge in [0.05, 0.1) is 63.0 Å². The van der Waals surface area contributed by atoms with Crippen LogP contribution in [0.4, 0.5) is 0 Å². The number of thiazole rings is 2. The van der Waals surface area contributed by atoms with Crippen LogP contribution >= 0.6 is 45.7 Å². The summed E-state index contributed by atoms with van der Waals surface area (Å²) in [7, 11) is 0. The lowest BCUT2D eigenvalue weighted by Gasteiger charge is -2.20. The number of nitrogens with zero attached hydrogens (tertiary/aromatic N) is 9. The third kappa shape index (κ3) is 31.8. The molecule has 0 aromatic carbocycles. The van der Waals surface area contributed by atoms with Crippen molar-refractivity contribution >= 4 is 68.9 Å². The molecule has 1 N–H and O–H groups in total. The van der Waals surface area contributed by atoms with Crippen molar-refractivity contribution in [1.82, 2.24) is 34.1 Å². The molecule has 0 unspecified atom stereocenters. The minimum atomic E-state index is 0.0846. The number of aryl methyl sites for hydroxylation is 5. The topological polar surface area (TPSA) is 143 Å². The first kappa shape index (κ1) is 86.1. The Morgan fingerprint density at radius 1 is 0.511 bits per heavy atom. The molecule has 9 heterocycles. The molecule has 0 fully saturated rings. The lowest BCUT2D eigenvalue weighted by atomic mass is 9.84. The molecule has 0 atom stereocenters. The molecule has 520 valence electrons. The molecule has 6 aromatic rings. The van der Waals surface area contributed by atoms with Gasteiger partial charge in [-0.15, -0.1) is 22.7 Å². The third-order valence-electron chi connectivity index (χ3n) is 14.1. The predicted octanol–water partition coefficient (Wildman–Crippen LogP) is 23.8. The molecule has 0 aliphatic carbocycles. The van der Waals surface area contributed by atoms with Crippen LogP contribution in [0.3, 0.4) is 0 Å². The molecular formula is C79H124N10OS4. The molecule has 11 nitrogen and oxygen atoms in total. The van der Waals surface area contributed by atoms with Crippen LogP contribution in [0.1, 0.15) is 259 Å². The van der Waals surface area contributed by atoms with E-state index in [0.717, 1.165) is 75.2 Å². The van der Waals surface area contributed by atoms with E-state index >= 15 is 0 Å². The Bertz CT molecular complexity index is 3250. The number of aliphatic imine (C=N–C) groups is 3. The van der Waals surface area contributed by atoms with E-state index in [-0.39, 0.29) is 48.7 Å². The van der Waals surface area contributed by atoms with E-state index in [4.69, 9.17) is 4.52 Å². The summed E-state index contributed by atoms with van der Waals surface area (Å²) < 4.78 is 13.5. The van der Waals surface area contributed by atoms with Crippen molar-refractivity contribution in [2.75, 3.05) is 13.1 Å². The number of aromatic amines is 1. The van der Waals surface area contributed by atoms with Crippen molar-refractivity contribution in [3.63, 3.8) is 0 Å². The zero-order chi connectivity index (χ0) is 72.8. The van der Waals surface area contributed by atoms with Crippen LogP contribution in [0, 0.1) is 50.9 Å². The summed E-state index contributed by atoms with van der Waals surface area (Å²) in [6.07, 6.45) is 16.7. The molecule has 0 radical (unpaired) electrons. The summed E-state index contributed by atoms with van der Waals surface area (Å²) in [5.41, 5.74) is 16.8. The van der Waals surface area contributed by atoms with Crippen molar-refractivity contribution in [2.24, 2.45) is 31.2 Å². The van der Waals surface area contributed by atoms with Crippen LogP contribution in [0.25, 0.3) is 6.08 Å². The van der Waals surface area contributed by atoms with Crippen molar-refractivity contribution in [1.29, 1.82) is 0 Å². The molecule has 3 aliphatic rings. The molecule has 0 saturated heterocycles. The number of aromatic nitrogens is 7. The highest BCUT2D eigenvalue weighted by molar-refractivity contribution is 7.11. The first-order valence-electron chi connectivity index (χ1n) is 32.7. The minimum absolute atomic E-state index is 0.0846. The molecule has 9 rings (SSSR count). The Hall–Kier alpha value is -5.87. The van der Waals surface area contributed by atoms with Gasteiger partial charge in [0.15, 0.2) is 0 Å². The van der Waals surface area contributed by atoms with Crippen LogP contribution in [0.2, 0.25) is 0 Å². The molecule has 3 aliphatic heterocycles. The SMILES string of the molecule is C=CC1=NC(C(C)(C)C)=CC1.C=CC1=NCC=C1C(C)(C)C.C=CC1=NCC=C1C(C)(C)C.C=Cc1cc(C(C)(C)C)[nH]n1.Cc1cc(C(C)(C)C)on1.Cc1cc(C(C)(C)C)sn1.Cc1nc(C(C)(C)C)cs1.Cc1ncc(C(C)(C)C)s1.Cc1nscc1C(C)(C)C. The van der Waals surface area contributed by atoms with Crippen molar-refractivity contribution < 1.29 is 4.52 Å². The van der Waals surface area contributed by atoms with E-state index in [0.29, 0.717) is 0 Å².